The predicted molar refractivity (Wildman–Crippen MR) is 124 cm³/mol. The van der Waals surface area contributed by atoms with E-state index < -0.39 is 42.0 Å². The Morgan fingerprint density at radius 1 is 1.37 bits per heavy atom. The second kappa shape index (κ2) is 10.0. The molecule has 0 bridgehead atoms. The summed E-state index contributed by atoms with van der Waals surface area (Å²) >= 11 is 2.46. The summed E-state index contributed by atoms with van der Waals surface area (Å²) in [5, 5.41) is 23.5. The van der Waals surface area contributed by atoms with Crippen LogP contribution in [0.1, 0.15) is 10.4 Å². The lowest BCUT2D eigenvalue weighted by molar-refractivity contribution is -0.689. The third-order valence-electron chi connectivity index (χ3n) is 5.09. The molecule has 3 aliphatic rings. The van der Waals surface area contributed by atoms with Gasteiger partial charge in [-0.25, -0.2) is 23.9 Å². The monoisotopic (exact) mass is 522 g/mol. The Kier molecular flexibility index (Phi) is 7.06. The summed E-state index contributed by atoms with van der Waals surface area (Å²) in [4.78, 5) is 57.5. The van der Waals surface area contributed by atoms with Gasteiger partial charge in [-0.2, -0.15) is 0 Å². The molecule has 14 nitrogen and oxygen atoms in total. The number of nitrogens with zero attached hydrogens (tertiary/aromatic N) is 4. The fraction of sp³-hybridized carbons (Fsp3) is 0.316. The second-order valence-electron chi connectivity index (χ2n) is 7.58. The third-order valence-corrected chi connectivity index (χ3v) is 7.11. The summed E-state index contributed by atoms with van der Waals surface area (Å²) in [5.74, 6) is -4.64. The zero-order valence-electron chi connectivity index (χ0n) is 17.9. The number of carboxylic acid groups (broad SMARTS) is 2. The molecule has 2 unspecified atom stereocenters. The number of aliphatic imine (C=N–C) groups is 1. The largest absolute Gasteiger partial charge is 0.479 e. The number of rotatable bonds is 9. The minimum atomic E-state index is -1.75. The number of nitrogens with one attached hydrogen (secondary N) is 2. The molecule has 0 aliphatic carbocycles. The van der Waals surface area contributed by atoms with Crippen LogP contribution in [-0.4, -0.2) is 79.7 Å². The zero-order valence-corrected chi connectivity index (χ0v) is 19.5. The molecule has 3 aliphatic heterocycles. The van der Waals surface area contributed by atoms with Crippen molar-refractivity contribution in [1.82, 2.24) is 14.9 Å². The summed E-state index contributed by atoms with van der Waals surface area (Å²) in [7, 11) is 0. The summed E-state index contributed by atoms with van der Waals surface area (Å²) in [6, 6.07) is 2.14. The summed E-state index contributed by atoms with van der Waals surface area (Å²) in [6.45, 7) is -0.321. The van der Waals surface area contributed by atoms with E-state index in [-0.39, 0.29) is 16.8 Å². The maximum atomic E-state index is 12.9. The Balaban J connectivity index is 1.41. The van der Waals surface area contributed by atoms with E-state index in [1.807, 2.05) is 0 Å². The standard InChI is InChI=1S/C19H19N7O7S2/c20-19(21-9-35-24-19)14(23-33-7-12(27)28)15(29)22-13-16(30)26-6-10(8-34-17(13)26)5-25-3-1-11(2-4-25)18(31)32/h1-4,6,9,13,17,24H,5,7-8,20H2,(H2-,22,27,28,29,31,32)/p+1/b23-14+/t13?,17-,19?/m1/s1. The maximum Gasteiger partial charge on any atom is 0.344 e. The lowest BCUT2D eigenvalue weighted by atomic mass is 10.1. The summed E-state index contributed by atoms with van der Waals surface area (Å²) < 4.78 is 4.48. The van der Waals surface area contributed by atoms with Crippen LogP contribution in [0.4, 0.5) is 0 Å². The minimum Gasteiger partial charge on any atom is -0.479 e. The Morgan fingerprint density at radius 3 is 2.74 bits per heavy atom. The van der Waals surface area contributed by atoms with Crippen LogP contribution in [0.2, 0.25) is 0 Å². The van der Waals surface area contributed by atoms with Crippen LogP contribution in [0, 0.1) is 0 Å². The Morgan fingerprint density at radius 2 is 2.11 bits per heavy atom. The number of amides is 2. The van der Waals surface area contributed by atoms with Gasteiger partial charge >= 0.3 is 11.9 Å². The highest BCUT2D eigenvalue weighted by molar-refractivity contribution is 8.10. The lowest BCUT2D eigenvalue weighted by Gasteiger charge is -2.47. The number of aliphatic carboxylic acids is 1. The van der Waals surface area contributed by atoms with E-state index >= 15 is 0 Å². The normalized spacial score (nSPS) is 25.4. The van der Waals surface area contributed by atoms with Crippen molar-refractivity contribution < 1.29 is 38.8 Å². The first-order valence-electron chi connectivity index (χ1n) is 10.0. The summed E-state index contributed by atoms with van der Waals surface area (Å²) in [6.07, 6.45) is 5.02. The van der Waals surface area contributed by atoms with Gasteiger partial charge in [0.2, 0.25) is 18.1 Å². The number of hydrogen-bond donors (Lipinski definition) is 5. The number of fused-ring (bicyclic) bond motifs is 1. The third kappa shape index (κ3) is 5.29. The molecule has 35 heavy (non-hydrogen) atoms. The topological polar surface area (TPSA) is 200 Å². The van der Waals surface area contributed by atoms with Gasteiger partial charge in [0.15, 0.2) is 18.9 Å². The van der Waals surface area contributed by atoms with Gasteiger partial charge in [-0.1, -0.05) is 5.16 Å². The van der Waals surface area contributed by atoms with Crippen LogP contribution in [0.25, 0.3) is 0 Å². The molecule has 184 valence electrons. The molecule has 6 N–H and O–H groups in total. The van der Waals surface area contributed by atoms with Crippen molar-refractivity contribution in [3.63, 3.8) is 0 Å². The van der Waals surface area contributed by atoms with Gasteiger partial charge in [0.05, 0.1) is 11.1 Å². The number of thioether (sulfide) groups is 1. The molecule has 1 aromatic rings. The molecule has 1 fully saturated rings. The Bertz CT molecular complexity index is 1160. The highest BCUT2D eigenvalue weighted by Crippen LogP contribution is 2.36. The van der Waals surface area contributed by atoms with Crippen LogP contribution in [-0.2, 0) is 25.8 Å². The molecule has 4 rings (SSSR count). The first-order chi connectivity index (χ1) is 16.7. The average Bonchev–Trinajstić information content (AvgIpc) is 3.27. The second-order valence-corrected chi connectivity index (χ2v) is 9.33. The fourth-order valence-electron chi connectivity index (χ4n) is 3.39. The lowest BCUT2D eigenvalue weighted by Crippen LogP contribution is -2.70. The molecule has 0 aromatic carbocycles. The van der Waals surface area contributed by atoms with Gasteiger partial charge in [0.1, 0.15) is 11.4 Å². The molecular formula is C19H20N7O7S2+. The van der Waals surface area contributed by atoms with Crippen molar-refractivity contribution >= 4 is 58.7 Å². The Labute approximate surface area is 206 Å². The minimum absolute atomic E-state index is 0.178. The van der Waals surface area contributed by atoms with Crippen molar-refractivity contribution in [3.8, 4) is 0 Å². The van der Waals surface area contributed by atoms with E-state index in [1.54, 1.807) is 23.2 Å². The fourth-order valence-corrected chi connectivity index (χ4v) is 5.25. The number of pyridine rings is 1. The van der Waals surface area contributed by atoms with Gasteiger partial charge in [-0.15, -0.1) is 11.8 Å². The van der Waals surface area contributed by atoms with Crippen LogP contribution >= 0.6 is 23.7 Å². The van der Waals surface area contributed by atoms with E-state index in [4.69, 9.17) is 20.8 Å². The molecule has 0 radical (unpaired) electrons. The molecule has 1 aromatic heterocycles. The zero-order chi connectivity index (χ0) is 25.2. The number of oxime groups is 1. The van der Waals surface area contributed by atoms with E-state index in [9.17, 15) is 19.2 Å². The van der Waals surface area contributed by atoms with Crippen LogP contribution in [0.5, 0.6) is 0 Å². The van der Waals surface area contributed by atoms with E-state index in [0.717, 1.165) is 17.5 Å². The molecule has 0 spiro atoms. The molecule has 1 saturated heterocycles. The van der Waals surface area contributed by atoms with Crippen LogP contribution in [0.3, 0.4) is 0 Å². The highest BCUT2D eigenvalue weighted by Gasteiger charge is 2.51. The van der Waals surface area contributed by atoms with E-state index in [0.29, 0.717) is 12.3 Å². The van der Waals surface area contributed by atoms with Crippen molar-refractivity contribution in [2.75, 3.05) is 12.4 Å². The first-order valence-corrected chi connectivity index (χ1v) is 11.9. The van der Waals surface area contributed by atoms with Crippen molar-refractivity contribution in [2.45, 2.75) is 23.7 Å². The number of β-lactam (4-membered cyclic amide) rings is 1. The quantitative estimate of drug-likeness (QED) is 0.0814. The molecular weight excluding hydrogens is 502 g/mol. The maximum absolute atomic E-state index is 12.9. The smallest absolute Gasteiger partial charge is 0.344 e. The van der Waals surface area contributed by atoms with Crippen molar-refractivity contribution in [2.24, 2.45) is 15.9 Å². The Hall–Kier alpha value is -3.47. The summed E-state index contributed by atoms with van der Waals surface area (Å²) in [5.41, 5.74) is 8.09. The van der Waals surface area contributed by atoms with Gasteiger partial charge in [-0.3, -0.25) is 15.3 Å². The van der Waals surface area contributed by atoms with Crippen LogP contribution < -0.4 is 20.3 Å². The number of aromatic nitrogens is 1. The number of carbonyl (C=O) groups is 4. The molecule has 2 amide bonds. The number of carbonyl (C=O) groups excluding carboxylic acids is 2. The average molecular weight is 523 g/mol. The van der Waals surface area contributed by atoms with Gasteiger partial charge in [0.25, 0.3) is 11.8 Å². The SMILES string of the molecule is NC1(/C(=N/OCC(=O)O)C(=O)NC2C(=O)N3C=C(C[n+]4ccc(C(=O)O)cc4)CS[C@H]23)N=CSN1. The predicted octanol–water partition coefficient (Wildman–Crippen LogP) is -1.69. The number of carboxylic acids is 2. The first kappa shape index (κ1) is 24.6. The van der Waals surface area contributed by atoms with Gasteiger partial charge in [-0.05, 0) is 11.9 Å². The molecule has 4 heterocycles. The van der Waals surface area contributed by atoms with Crippen LogP contribution in [0.15, 0.2) is 46.4 Å². The molecule has 0 saturated carbocycles. The molecule has 16 heteroatoms. The number of nitrogens with two attached hydrogens (primary N) is 1. The van der Waals surface area contributed by atoms with E-state index in [1.165, 1.54) is 34.3 Å². The van der Waals surface area contributed by atoms with Crippen molar-refractivity contribution in [1.29, 1.82) is 0 Å². The van der Waals surface area contributed by atoms with Gasteiger partial charge in [0, 0.05) is 29.7 Å². The van der Waals surface area contributed by atoms with Crippen molar-refractivity contribution in [3.05, 3.63) is 41.9 Å². The number of aromatic carboxylic acids is 1. The van der Waals surface area contributed by atoms with Gasteiger partial charge < -0.3 is 25.3 Å². The van der Waals surface area contributed by atoms with E-state index in [2.05, 4.69) is 20.2 Å². The number of hydrogen-bond acceptors (Lipinski definition) is 11. The highest BCUT2D eigenvalue weighted by atomic mass is 32.2. The molecule has 3 atom stereocenters.